The first-order valence-corrected chi connectivity index (χ1v) is 11.2. The van der Waals surface area contributed by atoms with E-state index in [0.717, 1.165) is 24.2 Å². The maximum Gasteiger partial charge on any atom is 0.288 e. The van der Waals surface area contributed by atoms with Gasteiger partial charge in [-0.1, -0.05) is 24.3 Å². The molecule has 2 rings (SSSR count). The summed E-state index contributed by atoms with van der Waals surface area (Å²) in [5.41, 5.74) is 0. The number of hydrogen-bond donors (Lipinski definition) is 0. The number of rotatable bonds is 2. The topological polar surface area (TPSA) is 9.23 Å². The van der Waals surface area contributed by atoms with Crippen LogP contribution in [0, 0.1) is 0 Å². The van der Waals surface area contributed by atoms with Crippen LogP contribution in [0.5, 0.6) is 0 Å². The first kappa shape index (κ1) is 9.99. The van der Waals surface area contributed by atoms with Gasteiger partial charge < -0.3 is 4.12 Å². The Morgan fingerprint density at radius 2 is 1.08 bits per heavy atom. The third-order valence-electron chi connectivity index (χ3n) is 2.39. The Morgan fingerprint density at radius 1 is 0.769 bits per heavy atom. The van der Waals surface area contributed by atoms with Crippen LogP contribution in [0.2, 0.25) is 24.2 Å². The highest BCUT2D eigenvalue weighted by Crippen LogP contribution is 2.38. The zero-order valence-electron chi connectivity index (χ0n) is 7.30. The lowest BCUT2D eigenvalue weighted by molar-refractivity contribution is 0.574. The Hall–Kier alpha value is 0.454. The molecule has 0 fully saturated rings. The Balaban J connectivity index is 1.97. The van der Waals surface area contributed by atoms with Crippen LogP contribution < -0.4 is 0 Å². The minimum atomic E-state index is -1.97. The third-order valence-corrected chi connectivity index (χ3v) is 11.9. The monoisotopic (exact) mass is 250 g/mol. The molecule has 2 aliphatic rings. The second-order valence-electron chi connectivity index (χ2n) is 3.63. The van der Waals surface area contributed by atoms with Crippen molar-refractivity contribution in [2.75, 3.05) is 0 Å². The first-order chi connectivity index (χ1) is 6.12. The summed E-state index contributed by atoms with van der Waals surface area (Å²) in [5, 5.41) is 0. The smallest absolute Gasteiger partial charge is 0.288 e. The molecule has 0 saturated carbocycles. The van der Waals surface area contributed by atoms with Crippen LogP contribution in [-0.2, 0) is 4.12 Å². The fraction of sp³-hybridized carbons (Fsp3) is 0.500. The predicted molar refractivity (Wildman–Crippen MR) is 61.8 cm³/mol. The lowest BCUT2D eigenvalue weighted by atomic mass is 10.6. The van der Waals surface area contributed by atoms with E-state index in [2.05, 4.69) is 24.3 Å². The molecule has 0 N–H and O–H groups in total. The molecule has 0 aromatic carbocycles. The minimum Gasteiger partial charge on any atom is -0.432 e. The molecular weight excluding hydrogens is 239 g/mol. The van der Waals surface area contributed by atoms with Gasteiger partial charge in [0.2, 0.25) is 0 Å². The van der Waals surface area contributed by atoms with Gasteiger partial charge in [0.05, 0.1) is 0 Å². The van der Waals surface area contributed by atoms with Crippen LogP contribution in [-0.4, -0.2) is 15.3 Å². The maximum absolute atomic E-state index is 6.42. The predicted octanol–water partition coefficient (Wildman–Crippen LogP) is 3.50. The molecule has 0 unspecified atom stereocenters. The van der Waals surface area contributed by atoms with Crippen molar-refractivity contribution >= 4 is 37.4 Å². The lowest BCUT2D eigenvalue weighted by Crippen LogP contribution is -2.41. The lowest BCUT2D eigenvalue weighted by Gasteiger charge is -2.28. The van der Waals surface area contributed by atoms with Crippen molar-refractivity contribution in [3.63, 3.8) is 0 Å². The van der Waals surface area contributed by atoms with Crippen molar-refractivity contribution in [1.82, 2.24) is 0 Å². The summed E-state index contributed by atoms with van der Waals surface area (Å²) in [5.74, 6) is 0. The van der Waals surface area contributed by atoms with Gasteiger partial charge in [-0.15, -0.1) is 22.2 Å². The van der Waals surface area contributed by atoms with Crippen LogP contribution in [0.3, 0.4) is 0 Å². The summed E-state index contributed by atoms with van der Waals surface area (Å²) in [4.78, 5) is 0. The fourth-order valence-corrected chi connectivity index (χ4v) is 12.1. The molecule has 0 radical (unpaired) electrons. The van der Waals surface area contributed by atoms with E-state index in [4.69, 9.17) is 26.3 Å². The largest absolute Gasteiger partial charge is 0.432 e. The maximum atomic E-state index is 6.42. The van der Waals surface area contributed by atoms with Crippen LogP contribution in [0.15, 0.2) is 24.3 Å². The van der Waals surface area contributed by atoms with Gasteiger partial charge in [-0.2, -0.15) is 0 Å². The molecule has 0 atom stereocenters. The van der Waals surface area contributed by atoms with Gasteiger partial charge >= 0.3 is 0 Å². The Bertz CT molecular complexity index is 223. The summed E-state index contributed by atoms with van der Waals surface area (Å²) >= 11 is 12.8. The zero-order chi connectivity index (χ0) is 9.36. The fourth-order valence-electron chi connectivity index (χ4n) is 1.70. The Kier molecular flexibility index (Phi) is 2.73. The van der Waals surface area contributed by atoms with E-state index in [1.807, 2.05) is 0 Å². The molecule has 0 aromatic rings. The Morgan fingerprint density at radius 3 is 1.38 bits per heavy atom. The van der Waals surface area contributed by atoms with Gasteiger partial charge in [0.1, 0.15) is 0 Å². The molecule has 0 spiro atoms. The Labute approximate surface area is 90.0 Å². The van der Waals surface area contributed by atoms with Gasteiger partial charge in [-0.3, -0.25) is 0 Å². The zero-order valence-corrected chi connectivity index (χ0v) is 10.8. The van der Waals surface area contributed by atoms with Gasteiger partial charge in [0.25, 0.3) is 15.3 Å². The van der Waals surface area contributed by atoms with Crippen molar-refractivity contribution in [3.05, 3.63) is 24.3 Å². The van der Waals surface area contributed by atoms with E-state index in [9.17, 15) is 0 Å². The summed E-state index contributed by atoms with van der Waals surface area (Å²) < 4.78 is 6.03. The van der Waals surface area contributed by atoms with E-state index in [-0.39, 0.29) is 0 Å². The summed E-state index contributed by atoms with van der Waals surface area (Å²) in [6, 6.07) is 3.71. The van der Waals surface area contributed by atoms with E-state index in [0.29, 0.717) is 0 Å². The van der Waals surface area contributed by atoms with Crippen LogP contribution in [0.4, 0.5) is 0 Å². The molecule has 2 aliphatic heterocycles. The second kappa shape index (κ2) is 3.55. The van der Waals surface area contributed by atoms with Gasteiger partial charge in [0.15, 0.2) is 0 Å². The van der Waals surface area contributed by atoms with E-state index < -0.39 is 15.3 Å². The summed E-state index contributed by atoms with van der Waals surface area (Å²) in [7, 11) is -3.95. The van der Waals surface area contributed by atoms with Gasteiger partial charge in [-0.25, -0.2) is 0 Å². The van der Waals surface area contributed by atoms with Crippen LogP contribution >= 0.6 is 22.2 Å². The summed E-state index contributed by atoms with van der Waals surface area (Å²) in [6.45, 7) is 0. The highest BCUT2D eigenvalue weighted by molar-refractivity contribution is 7.26. The molecule has 1 nitrogen and oxygen atoms in total. The highest BCUT2D eigenvalue weighted by atomic mass is 35.6. The molecule has 0 aliphatic carbocycles. The van der Waals surface area contributed by atoms with Crippen molar-refractivity contribution < 1.29 is 4.12 Å². The molecule has 0 bridgehead atoms. The van der Waals surface area contributed by atoms with Gasteiger partial charge in [-0.05, 0) is 24.2 Å². The van der Waals surface area contributed by atoms with Crippen LogP contribution in [0.25, 0.3) is 0 Å². The number of halogens is 2. The van der Waals surface area contributed by atoms with E-state index in [1.54, 1.807) is 0 Å². The standard InChI is InChI=1S/C8H12Cl2OSi2/c9-12(5-1-2-6-12)11-13(10)7-3-4-8-13/h1-4H,5-8H2. The number of hydrogen-bond acceptors (Lipinski definition) is 1. The highest BCUT2D eigenvalue weighted by Gasteiger charge is 2.44. The molecule has 72 valence electrons. The van der Waals surface area contributed by atoms with E-state index in [1.165, 1.54) is 0 Å². The van der Waals surface area contributed by atoms with Crippen molar-refractivity contribution in [3.8, 4) is 0 Å². The average Bonchev–Trinajstić information content (AvgIpc) is 2.60. The van der Waals surface area contributed by atoms with Crippen molar-refractivity contribution in [2.24, 2.45) is 0 Å². The average molecular weight is 251 g/mol. The van der Waals surface area contributed by atoms with Crippen molar-refractivity contribution in [1.29, 1.82) is 0 Å². The molecule has 13 heavy (non-hydrogen) atoms. The molecule has 5 heteroatoms. The number of allylic oxidation sites excluding steroid dienone is 4. The SMILES string of the molecule is Cl[Si]1(O[Si]2(Cl)CC=CC2)CC=CC1. The molecule has 0 amide bonds. The first-order valence-electron chi connectivity index (χ1n) is 4.50. The van der Waals surface area contributed by atoms with Crippen molar-refractivity contribution in [2.45, 2.75) is 24.2 Å². The quantitative estimate of drug-likeness (QED) is 0.414. The van der Waals surface area contributed by atoms with Gasteiger partial charge in [0, 0.05) is 0 Å². The molecule has 0 saturated heterocycles. The molecule has 0 aromatic heterocycles. The minimum absolute atomic E-state index is 0.927. The van der Waals surface area contributed by atoms with E-state index >= 15 is 0 Å². The summed E-state index contributed by atoms with van der Waals surface area (Å²) in [6.07, 6.45) is 8.49. The molecule has 2 heterocycles. The second-order valence-corrected chi connectivity index (χ2v) is 13.7. The molecular formula is C8H12Cl2OSi2. The van der Waals surface area contributed by atoms with Crippen LogP contribution in [0.1, 0.15) is 0 Å². The normalized spacial score (nSPS) is 28.5. The third kappa shape index (κ3) is 2.28.